The van der Waals surface area contributed by atoms with Crippen molar-refractivity contribution in [2.45, 2.75) is 31.0 Å². The number of likely N-dealkylation sites (tertiary alicyclic amines) is 1. The van der Waals surface area contributed by atoms with Gasteiger partial charge in [0, 0.05) is 25.2 Å². The summed E-state index contributed by atoms with van der Waals surface area (Å²) < 4.78 is 39.1. The van der Waals surface area contributed by atoms with Gasteiger partial charge < -0.3 is 15.3 Å². The fourth-order valence-corrected chi connectivity index (χ4v) is 4.99. The van der Waals surface area contributed by atoms with Crippen molar-refractivity contribution < 1.29 is 23.1 Å². The van der Waals surface area contributed by atoms with E-state index in [1.807, 2.05) is 30.3 Å². The lowest BCUT2D eigenvalue weighted by atomic mass is 9.91. The normalized spacial score (nSPS) is 26.0. The monoisotopic (exact) mass is 438 g/mol. The van der Waals surface area contributed by atoms with Crippen LogP contribution < -0.4 is 5.32 Å². The summed E-state index contributed by atoms with van der Waals surface area (Å²) in [7, 11) is 0. The van der Waals surface area contributed by atoms with Gasteiger partial charge in [-0.25, -0.2) is 4.79 Å². The first-order valence-electron chi connectivity index (χ1n) is 9.82. The van der Waals surface area contributed by atoms with Crippen molar-refractivity contribution in [2.75, 3.05) is 18.4 Å². The van der Waals surface area contributed by atoms with Crippen molar-refractivity contribution in [3.8, 4) is 0 Å². The summed E-state index contributed by atoms with van der Waals surface area (Å²) in [4.78, 5) is 14.2. The molecule has 0 aromatic heterocycles. The number of nitrogens with one attached hydrogen (secondary N) is 1. The van der Waals surface area contributed by atoms with E-state index in [0.717, 1.165) is 17.7 Å². The van der Waals surface area contributed by atoms with Crippen LogP contribution in [-0.2, 0) is 12.6 Å². The van der Waals surface area contributed by atoms with Crippen molar-refractivity contribution in [2.24, 2.45) is 11.8 Å². The van der Waals surface area contributed by atoms with Gasteiger partial charge in [0.1, 0.15) is 0 Å². The van der Waals surface area contributed by atoms with E-state index in [0.29, 0.717) is 32.4 Å². The average molecular weight is 439 g/mol. The number of anilines is 1. The number of amides is 2. The molecule has 160 valence electrons. The van der Waals surface area contributed by atoms with Crippen LogP contribution in [0.3, 0.4) is 0 Å². The number of hydrogen-bond acceptors (Lipinski definition) is 2. The maximum Gasteiger partial charge on any atom is 0.417 e. The Bertz CT molecular complexity index is 922. The van der Waals surface area contributed by atoms with Crippen LogP contribution in [0.4, 0.5) is 23.7 Å². The van der Waals surface area contributed by atoms with Crippen LogP contribution in [0, 0.1) is 11.8 Å². The van der Waals surface area contributed by atoms with E-state index < -0.39 is 28.4 Å². The molecule has 1 aliphatic carbocycles. The molecule has 1 heterocycles. The predicted octanol–water partition coefficient (Wildman–Crippen LogP) is 5.21. The standard InChI is InChI=1S/C22H22ClF3N2O2/c23-19-7-6-17(8-18(19)22(24,25)26)27-20(29)28-12-15-10-21(30,11-16(15)13-28)9-14-4-2-1-3-5-14/h1-8,15-16,30H,9-13H2,(H,27,29)/t15-,16+,21-. The molecule has 30 heavy (non-hydrogen) atoms. The second-order valence-electron chi connectivity index (χ2n) is 8.34. The Balaban J connectivity index is 1.37. The molecular weight excluding hydrogens is 417 g/mol. The Morgan fingerprint density at radius 3 is 2.37 bits per heavy atom. The first-order chi connectivity index (χ1) is 14.1. The van der Waals surface area contributed by atoms with E-state index in [1.165, 1.54) is 6.07 Å². The lowest BCUT2D eigenvalue weighted by Crippen LogP contribution is -2.36. The second kappa shape index (κ2) is 7.78. The summed E-state index contributed by atoms with van der Waals surface area (Å²) >= 11 is 5.63. The molecule has 2 amide bonds. The lowest BCUT2D eigenvalue weighted by molar-refractivity contribution is -0.137. The number of hydrogen-bond donors (Lipinski definition) is 2. The minimum absolute atomic E-state index is 0.0503. The number of nitrogens with zero attached hydrogens (tertiary/aromatic N) is 1. The van der Waals surface area contributed by atoms with Gasteiger partial charge in [-0.05, 0) is 48.4 Å². The third-order valence-corrected chi connectivity index (χ3v) is 6.38. The number of fused-ring (bicyclic) bond motifs is 1. The van der Waals surface area contributed by atoms with Crippen LogP contribution in [0.15, 0.2) is 48.5 Å². The highest BCUT2D eigenvalue weighted by Crippen LogP contribution is 2.45. The number of urea groups is 1. The summed E-state index contributed by atoms with van der Waals surface area (Å²) in [6.07, 6.45) is -2.80. The smallest absolute Gasteiger partial charge is 0.390 e. The summed E-state index contributed by atoms with van der Waals surface area (Å²) in [6.45, 7) is 0.959. The number of alkyl halides is 3. The van der Waals surface area contributed by atoms with Crippen LogP contribution >= 0.6 is 11.6 Å². The molecule has 1 saturated heterocycles. The van der Waals surface area contributed by atoms with E-state index in [4.69, 9.17) is 11.6 Å². The molecule has 4 nitrogen and oxygen atoms in total. The fraction of sp³-hybridized carbons (Fsp3) is 0.409. The topological polar surface area (TPSA) is 52.6 Å². The Kier molecular flexibility index (Phi) is 5.45. The molecule has 1 aliphatic heterocycles. The Labute approximate surface area is 177 Å². The second-order valence-corrected chi connectivity index (χ2v) is 8.75. The fourth-order valence-electron chi connectivity index (χ4n) is 4.77. The molecule has 0 radical (unpaired) electrons. The van der Waals surface area contributed by atoms with Crippen molar-refractivity contribution >= 4 is 23.3 Å². The molecule has 2 aromatic rings. The number of rotatable bonds is 3. The van der Waals surface area contributed by atoms with Crippen LogP contribution in [0.1, 0.15) is 24.0 Å². The van der Waals surface area contributed by atoms with Gasteiger partial charge in [-0.3, -0.25) is 0 Å². The van der Waals surface area contributed by atoms with Crippen LogP contribution in [0.5, 0.6) is 0 Å². The maximum absolute atomic E-state index is 13.0. The van der Waals surface area contributed by atoms with Gasteiger partial charge in [0.15, 0.2) is 0 Å². The molecular formula is C22H22ClF3N2O2. The predicted molar refractivity (Wildman–Crippen MR) is 108 cm³/mol. The highest BCUT2D eigenvalue weighted by atomic mass is 35.5. The van der Waals surface area contributed by atoms with Gasteiger partial charge in [-0.1, -0.05) is 41.9 Å². The van der Waals surface area contributed by atoms with E-state index in [1.54, 1.807) is 4.90 Å². The first-order valence-corrected chi connectivity index (χ1v) is 10.2. The molecule has 1 saturated carbocycles. The quantitative estimate of drug-likeness (QED) is 0.691. The minimum atomic E-state index is -4.59. The summed E-state index contributed by atoms with van der Waals surface area (Å²) in [5.41, 5.74) is -0.629. The lowest BCUT2D eigenvalue weighted by Gasteiger charge is -2.26. The number of benzene rings is 2. The van der Waals surface area contributed by atoms with Gasteiger partial charge in [0.2, 0.25) is 0 Å². The van der Waals surface area contributed by atoms with Crippen molar-refractivity contribution in [1.29, 1.82) is 0 Å². The largest absolute Gasteiger partial charge is 0.417 e. The molecule has 4 rings (SSSR count). The molecule has 2 fully saturated rings. The summed E-state index contributed by atoms with van der Waals surface area (Å²) in [6, 6.07) is 12.7. The van der Waals surface area contributed by atoms with Gasteiger partial charge >= 0.3 is 12.2 Å². The first kappa shape index (κ1) is 21.0. The molecule has 0 spiro atoms. The Morgan fingerprint density at radius 1 is 1.13 bits per heavy atom. The highest BCUT2D eigenvalue weighted by Gasteiger charge is 2.49. The zero-order valence-electron chi connectivity index (χ0n) is 16.1. The highest BCUT2D eigenvalue weighted by molar-refractivity contribution is 6.31. The Hall–Kier alpha value is -2.25. The van der Waals surface area contributed by atoms with Crippen LogP contribution in [0.2, 0.25) is 5.02 Å². The number of aliphatic hydroxyl groups is 1. The Morgan fingerprint density at radius 2 is 1.77 bits per heavy atom. The number of halogens is 4. The molecule has 2 aromatic carbocycles. The van der Waals surface area contributed by atoms with Crippen molar-refractivity contribution in [3.63, 3.8) is 0 Å². The molecule has 0 unspecified atom stereocenters. The number of carbonyl (C=O) groups excluding carboxylic acids is 1. The SMILES string of the molecule is O=C(Nc1ccc(Cl)c(C(F)(F)F)c1)N1C[C@@H]2C[C@@](O)(Cc3ccccc3)C[C@@H]2C1. The third-order valence-electron chi connectivity index (χ3n) is 6.05. The zero-order valence-corrected chi connectivity index (χ0v) is 16.9. The van der Waals surface area contributed by atoms with Gasteiger partial charge in [0.05, 0.1) is 16.2 Å². The van der Waals surface area contributed by atoms with E-state index in [9.17, 15) is 23.1 Å². The van der Waals surface area contributed by atoms with Crippen molar-refractivity contribution in [3.05, 3.63) is 64.7 Å². The third kappa shape index (κ3) is 4.42. The summed E-state index contributed by atoms with van der Waals surface area (Å²) in [5.74, 6) is 0.362. The van der Waals surface area contributed by atoms with E-state index in [2.05, 4.69) is 5.32 Å². The van der Waals surface area contributed by atoms with E-state index >= 15 is 0 Å². The summed E-state index contributed by atoms with van der Waals surface area (Å²) in [5, 5.41) is 13.1. The molecule has 2 aliphatic rings. The van der Waals surface area contributed by atoms with Crippen molar-refractivity contribution in [1.82, 2.24) is 4.90 Å². The van der Waals surface area contributed by atoms with Gasteiger partial charge in [-0.2, -0.15) is 13.2 Å². The number of carbonyl (C=O) groups is 1. The molecule has 3 atom stereocenters. The average Bonchev–Trinajstić information content (AvgIpc) is 3.18. The molecule has 2 N–H and O–H groups in total. The molecule has 0 bridgehead atoms. The maximum atomic E-state index is 13.0. The van der Waals surface area contributed by atoms with E-state index in [-0.39, 0.29) is 17.5 Å². The van der Waals surface area contributed by atoms with Gasteiger partial charge in [-0.15, -0.1) is 0 Å². The molecule has 8 heteroatoms. The zero-order chi connectivity index (χ0) is 21.5. The van der Waals surface area contributed by atoms with Crippen LogP contribution in [0.25, 0.3) is 0 Å². The van der Waals surface area contributed by atoms with Gasteiger partial charge in [0.25, 0.3) is 0 Å². The minimum Gasteiger partial charge on any atom is -0.390 e. The van der Waals surface area contributed by atoms with Crippen LogP contribution in [-0.4, -0.2) is 34.7 Å².